The van der Waals surface area contributed by atoms with E-state index in [9.17, 15) is 0 Å². The van der Waals surface area contributed by atoms with E-state index in [0.717, 1.165) is 25.3 Å². The van der Waals surface area contributed by atoms with Crippen LogP contribution in [-0.2, 0) is 6.54 Å². The van der Waals surface area contributed by atoms with Gasteiger partial charge in [0.2, 0.25) is 5.88 Å². The lowest BCUT2D eigenvalue weighted by Crippen LogP contribution is -2.22. The van der Waals surface area contributed by atoms with Gasteiger partial charge in [0.15, 0.2) is 0 Å². The fourth-order valence-electron chi connectivity index (χ4n) is 1.56. The van der Waals surface area contributed by atoms with E-state index >= 15 is 0 Å². The maximum Gasteiger partial charge on any atom is 0.232 e. The Hall–Kier alpha value is -1.16. The Morgan fingerprint density at radius 1 is 1.22 bits per heavy atom. The SMILES string of the molecule is CCCCCCOc1cncc(CNC(C)C)n1. The molecule has 1 aromatic rings. The summed E-state index contributed by atoms with van der Waals surface area (Å²) in [5.74, 6) is 0.634. The zero-order valence-electron chi connectivity index (χ0n) is 11.8. The lowest BCUT2D eigenvalue weighted by molar-refractivity contribution is 0.291. The van der Waals surface area contributed by atoms with E-state index in [1.807, 2.05) is 0 Å². The second-order valence-electron chi connectivity index (χ2n) is 4.79. The number of hydrogen-bond donors (Lipinski definition) is 1. The van der Waals surface area contributed by atoms with Crippen molar-refractivity contribution < 1.29 is 4.74 Å². The predicted molar refractivity (Wildman–Crippen MR) is 73.6 cm³/mol. The van der Waals surface area contributed by atoms with Crippen LogP contribution in [0.5, 0.6) is 5.88 Å². The number of nitrogens with one attached hydrogen (secondary N) is 1. The number of hydrogen-bond acceptors (Lipinski definition) is 4. The molecule has 0 amide bonds. The van der Waals surface area contributed by atoms with E-state index < -0.39 is 0 Å². The second-order valence-corrected chi connectivity index (χ2v) is 4.79. The Labute approximate surface area is 110 Å². The van der Waals surface area contributed by atoms with E-state index in [2.05, 4.69) is 36.1 Å². The molecule has 0 spiro atoms. The standard InChI is InChI=1S/C14H25N3O/c1-4-5-6-7-8-18-14-11-15-9-13(17-14)10-16-12(2)3/h9,11-12,16H,4-8,10H2,1-3H3. The summed E-state index contributed by atoms with van der Waals surface area (Å²) in [6, 6.07) is 0.449. The first-order valence-electron chi connectivity index (χ1n) is 6.89. The molecule has 4 heteroatoms. The van der Waals surface area contributed by atoms with Gasteiger partial charge in [-0.15, -0.1) is 0 Å². The summed E-state index contributed by atoms with van der Waals surface area (Å²) in [7, 11) is 0. The Bertz CT molecular complexity index is 329. The molecule has 0 atom stereocenters. The molecule has 0 unspecified atom stereocenters. The van der Waals surface area contributed by atoms with Crippen molar-refractivity contribution in [3.05, 3.63) is 18.1 Å². The van der Waals surface area contributed by atoms with Crippen LogP contribution < -0.4 is 10.1 Å². The lowest BCUT2D eigenvalue weighted by atomic mass is 10.2. The van der Waals surface area contributed by atoms with E-state index in [1.165, 1.54) is 19.3 Å². The molecule has 0 aliphatic carbocycles. The van der Waals surface area contributed by atoms with Gasteiger partial charge in [0, 0.05) is 18.8 Å². The lowest BCUT2D eigenvalue weighted by Gasteiger charge is -2.09. The molecule has 0 bridgehead atoms. The van der Waals surface area contributed by atoms with E-state index in [4.69, 9.17) is 4.74 Å². The molecule has 0 aromatic carbocycles. The molecule has 1 N–H and O–H groups in total. The topological polar surface area (TPSA) is 47.0 Å². The first kappa shape index (κ1) is 14.9. The summed E-state index contributed by atoms with van der Waals surface area (Å²) in [5.41, 5.74) is 0.926. The molecule has 102 valence electrons. The highest BCUT2D eigenvalue weighted by atomic mass is 16.5. The Morgan fingerprint density at radius 2 is 2.06 bits per heavy atom. The minimum Gasteiger partial charge on any atom is -0.477 e. The number of aromatic nitrogens is 2. The van der Waals surface area contributed by atoms with Gasteiger partial charge in [0.1, 0.15) is 0 Å². The van der Waals surface area contributed by atoms with Gasteiger partial charge in [-0.25, -0.2) is 4.98 Å². The normalized spacial score (nSPS) is 10.9. The van der Waals surface area contributed by atoms with Crippen LogP contribution in [0.1, 0.15) is 52.1 Å². The molecular formula is C14H25N3O. The monoisotopic (exact) mass is 251 g/mol. The third kappa shape index (κ3) is 6.55. The van der Waals surface area contributed by atoms with E-state index in [0.29, 0.717) is 11.9 Å². The van der Waals surface area contributed by atoms with Crippen molar-refractivity contribution in [2.45, 2.75) is 59.0 Å². The van der Waals surface area contributed by atoms with Gasteiger partial charge in [-0.3, -0.25) is 4.98 Å². The van der Waals surface area contributed by atoms with Gasteiger partial charge in [0.05, 0.1) is 18.5 Å². The van der Waals surface area contributed by atoms with Gasteiger partial charge in [0.25, 0.3) is 0 Å². The third-order valence-electron chi connectivity index (χ3n) is 2.60. The van der Waals surface area contributed by atoms with Crippen LogP contribution in [0, 0.1) is 0 Å². The molecule has 0 aliphatic rings. The molecular weight excluding hydrogens is 226 g/mol. The predicted octanol–water partition coefficient (Wildman–Crippen LogP) is 2.93. The van der Waals surface area contributed by atoms with Crippen LogP contribution in [0.3, 0.4) is 0 Å². The number of ether oxygens (including phenoxy) is 1. The Kier molecular flexibility index (Phi) is 7.34. The van der Waals surface area contributed by atoms with Crippen molar-refractivity contribution in [3.63, 3.8) is 0 Å². The molecule has 0 radical (unpaired) electrons. The van der Waals surface area contributed by atoms with Crippen molar-refractivity contribution in [2.24, 2.45) is 0 Å². The molecule has 0 saturated carbocycles. The van der Waals surface area contributed by atoms with Crippen molar-refractivity contribution in [2.75, 3.05) is 6.61 Å². The molecule has 0 fully saturated rings. The van der Waals surface area contributed by atoms with E-state index in [1.54, 1.807) is 12.4 Å². The quantitative estimate of drug-likeness (QED) is 0.685. The largest absolute Gasteiger partial charge is 0.477 e. The highest BCUT2D eigenvalue weighted by molar-refractivity contribution is 5.08. The third-order valence-corrected chi connectivity index (χ3v) is 2.60. The molecule has 1 aromatic heterocycles. The number of nitrogens with zero attached hydrogens (tertiary/aromatic N) is 2. The highest BCUT2D eigenvalue weighted by Crippen LogP contribution is 2.07. The summed E-state index contributed by atoms with van der Waals surface area (Å²) in [5, 5.41) is 3.31. The molecule has 4 nitrogen and oxygen atoms in total. The summed E-state index contributed by atoms with van der Waals surface area (Å²) >= 11 is 0. The molecule has 0 saturated heterocycles. The summed E-state index contributed by atoms with van der Waals surface area (Å²) in [6.07, 6.45) is 8.28. The first-order chi connectivity index (χ1) is 8.72. The first-order valence-corrected chi connectivity index (χ1v) is 6.89. The fourth-order valence-corrected chi connectivity index (χ4v) is 1.56. The van der Waals surface area contributed by atoms with E-state index in [-0.39, 0.29) is 0 Å². The van der Waals surface area contributed by atoms with Crippen LogP contribution in [-0.4, -0.2) is 22.6 Å². The van der Waals surface area contributed by atoms with Crippen molar-refractivity contribution >= 4 is 0 Å². The summed E-state index contributed by atoms with van der Waals surface area (Å²) in [4.78, 5) is 8.57. The van der Waals surface area contributed by atoms with Gasteiger partial charge in [-0.2, -0.15) is 0 Å². The van der Waals surface area contributed by atoms with Gasteiger partial charge < -0.3 is 10.1 Å². The minimum absolute atomic E-state index is 0.449. The summed E-state index contributed by atoms with van der Waals surface area (Å²) in [6.45, 7) is 7.90. The Balaban J connectivity index is 2.30. The number of rotatable bonds is 9. The summed E-state index contributed by atoms with van der Waals surface area (Å²) < 4.78 is 5.60. The molecule has 1 rings (SSSR count). The van der Waals surface area contributed by atoms with Gasteiger partial charge in [-0.05, 0) is 6.42 Å². The van der Waals surface area contributed by atoms with Crippen molar-refractivity contribution in [1.82, 2.24) is 15.3 Å². The van der Waals surface area contributed by atoms with Crippen molar-refractivity contribution in [3.8, 4) is 5.88 Å². The smallest absolute Gasteiger partial charge is 0.232 e. The zero-order chi connectivity index (χ0) is 13.2. The minimum atomic E-state index is 0.449. The van der Waals surface area contributed by atoms with Crippen LogP contribution in [0.4, 0.5) is 0 Å². The van der Waals surface area contributed by atoms with Crippen LogP contribution in [0.2, 0.25) is 0 Å². The van der Waals surface area contributed by atoms with Crippen molar-refractivity contribution in [1.29, 1.82) is 0 Å². The average Bonchev–Trinajstić information content (AvgIpc) is 2.37. The second kappa shape index (κ2) is 8.86. The molecule has 18 heavy (non-hydrogen) atoms. The van der Waals surface area contributed by atoms with Gasteiger partial charge in [-0.1, -0.05) is 40.0 Å². The molecule has 0 aliphatic heterocycles. The van der Waals surface area contributed by atoms with Gasteiger partial charge >= 0.3 is 0 Å². The van der Waals surface area contributed by atoms with Crippen LogP contribution in [0.25, 0.3) is 0 Å². The number of unbranched alkanes of at least 4 members (excludes halogenated alkanes) is 3. The zero-order valence-corrected chi connectivity index (χ0v) is 11.8. The van der Waals surface area contributed by atoms with Crippen LogP contribution >= 0.6 is 0 Å². The fraction of sp³-hybridized carbons (Fsp3) is 0.714. The highest BCUT2D eigenvalue weighted by Gasteiger charge is 2.01. The van der Waals surface area contributed by atoms with Crippen LogP contribution in [0.15, 0.2) is 12.4 Å². The maximum absolute atomic E-state index is 5.60. The molecule has 1 heterocycles. The Morgan fingerprint density at radius 3 is 2.78 bits per heavy atom. The average molecular weight is 251 g/mol. The maximum atomic E-state index is 5.60.